The minimum Gasteiger partial charge on any atom is -0.476 e. The molecule has 0 radical (unpaired) electrons. The Balaban J connectivity index is 1.52. The third kappa shape index (κ3) is 4.80. The van der Waals surface area contributed by atoms with E-state index in [2.05, 4.69) is 25.3 Å². The molecule has 0 aromatic carbocycles. The maximum atomic E-state index is 13.4. The molecule has 1 atom stereocenters. The summed E-state index contributed by atoms with van der Waals surface area (Å²) in [6.45, 7) is 0.858. The maximum Gasteiger partial charge on any atom is 0.255 e. The predicted molar refractivity (Wildman–Crippen MR) is 101 cm³/mol. The van der Waals surface area contributed by atoms with E-state index in [1.807, 2.05) is 7.05 Å². The minimum absolute atomic E-state index is 0.0954. The standard InChI is InChI=1S/C19H25F3N6O/c1-27-8-5-15(27)12-29-17-10-16(23-13-2-6-19(21,22)7-3-13)24-18(25-17)28-9-4-14(11-20)26-28/h4,9-10,13,15H,2-3,5-8,11-12H2,1H3,(H,23,24,25). The largest absolute Gasteiger partial charge is 0.476 e. The van der Waals surface area contributed by atoms with Gasteiger partial charge in [-0.2, -0.15) is 15.1 Å². The first-order valence-corrected chi connectivity index (χ1v) is 9.89. The quantitative estimate of drug-likeness (QED) is 0.756. The second-order valence-corrected chi connectivity index (χ2v) is 7.79. The summed E-state index contributed by atoms with van der Waals surface area (Å²) in [4.78, 5) is 11.0. The van der Waals surface area contributed by atoms with Crippen molar-refractivity contribution < 1.29 is 17.9 Å². The first-order valence-electron chi connectivity index (χ1n) is 9.89. The van der Waals surface area contributed by atoms with Crippen molar-refractivity contribution in [1.82, 2.24) is 24.6 Å². The number of likely N-dealkylation sites (tertiary alicyclic amines) is 1. The lowest BCUT2D eigenvalue weighted by atomic mass is 9.92. The second kappa shape index (κ2) is 8.17. The Hall–Kier alpha value is -2.36. The number of halogens is 3. The van der Waals surface area contributed by atoms with Crippen LogP contribution in [0.25, 0.3) is 5.95 Å². The van der Waals surface area contributed by atoms with Gasteiger partial charge in [-0.25, -0.2) is 17.9 Å². The first-order chi connectivity index (χ1) is 13.9. The van der Waals surface area contributed by atoms with Crippen molar-refractivity contribution in [3.05, 3.63) is 24.0 Å². The number of hydrogen-bond donors (Lipinski definition) is 1. The molecule has 4 rings (SSSR count). The third-order valence-electron chi connectivity index (χ3n) is 5.61. The monoisotopic (exact) mass is 410 g/mol. The van der Waals surface area contributed by atoms with E-state index in [0.29, 0.717) is 37.2 Å². The normalized spacial score (nSPS) is 22.3. The summed E-state index contributed by atoms with van der Waals surface area (Å²) in [6.07, 6.45) is 3.10. The van der Waals surface area contributed by atoms with Gasteiger partial charge in [0.1, 0.15) is 19.1 Å². The lowest BCUT2D eigenvalue weighted by Gasteiger charge is -2.37. The molecular formula is C19H25F3N6O. The van der Waals surface area contributed by atoms with Crippen LogP contribution in [0.3, 0.4) is 0 Å². The molecule has 1 aliphatic carbocycles. The Morgan fingerprint density at radius 2 is 2.03 bits per heavy atom. The molecule has 10 heteroatoms. The van der Waals surface area contributed by atoms with E-state index in [9.17, 15) is 13.2 Å². The Bertz CT molecular complexity index is 835. The number of hydrogen-bond acceptors (Lipinski definition) is 6. The smallest absolute Gasteiger partial charge is 0.255 e. The van der Waals surface area contributed by atoms with Crippen molar-refractivity contribution in [1.29, 1.82) is 0 Å². The number of nitrogens with one attached hydrogen (secondary N) is 1. The molecule has 3 heterocycles. The van der Waals surface area contributed by atoms with E-state index in [1.54, 1.807) is 18.3 Å². The highest BCUT2D eigenvalue weighted by molar-refractivity contribution is 5.42. The first kappa shape index (κ1) is 19.9. The van der Waals surface area contributed by atoms with Crippen LogP contribution in [0, 0.1) is 0 Å². The van der Waals surface area contributed by atoms with E-state index in [0.717, 1.165) is 13.0 Å². The van der Waals surface area contributed by atoms with Crippen molar-refractivity contribution in [2.24, 2.45) is 0 Å². The molecule has 7 nitrogen and oxygen atoms in total. The van der Waals surface area contributed by atoms with Gasteiger partial charge in [-0.1, -0.05) is 0 Å². The van der Waals surface area contributed by atoms with Gasteiger partial charge < -0.3 is 10.1 Å². The van der Waals surface area contributed by atoms with Gasteiger partial charge in [-0.15, -0.1) is 0 Å². The number of ether oxygens (including phenoxy) is 1. The van der Waals surface area contributed by atoms with Crippen LogP contribution in [0.15, 0.2) is 18.3 Å². The van der Waals surface area contributed by atoms with Gasteiger partial charge in [-0.3, -0.25) is 4.90 Å². The predicted octanol–water partition coefficient (Wildman–Crippen LogP) is 3.20. The van der Waals surface area contributed by atoms with Crippen LogP contribution in [0.5, 0.6) is 5.88 Å². The van der Waals surface area contributed by atoms with Crippen LogP contribution < -0.4 is 10.1 Å². The molecule has 1 unspecified atom stereocenters. The fourth-order valence-corrected chi connectivity index (χ4v) is 3.56. The van der Waals surface area contributed by atoms with Gasteiger partial charge in [0.2, 0.25) is 11.8 Å². The Morgan fingerprint density at radius 1 is 1.24 bits per heavy atom. The maximum absolute atomic E-state index is 13.4. The van der Waals surface area contributed by atoms with Gasteiger partial charge in [0, 0.05) is 37.2 Å². The second-order valence-electron chi connectivity index (χ2n) is 7.79. The van der Waals surface area contributed by atoms with Crippen molar-refractivity contribution in [2.75, 3.05) is 25.5 Å². The molecule has 1 saturated carbocycles. The van der Waals surface area contributed by atoms with Gasteiger partial charge in [0.05, 0.1) is 5.69 Å². The van der Waals surface area contributed by atoms with E-state index in [1.165, 1.54) is 4.68 Å². The fourth-order valence-electron chi connectivity index (χ4n) is 3.56. The van der Waals surface area contributed by atoms with Crippen molar-refractivity contribution >= 4 is 5.82 Å². The average Bonchev–Trinajstić information content (AvgIpc) is 3.18. The summed E-state index contributed by atoms with van der Waals surface area (Å²) >= 11 is 0. The summed E-state index contributed by atoms with van der Waals surface area (Å²) < 4.78 is 47.0. The van der Waals surface area contributed by atoms with Crippen LogP contribution in [0.1, 0.15) is 37.8 Å². The van der Waals surface area contributed by atoms with Crippen molar-refractivity contribution in [2.45, 2.75) is 56.8 Å². The number of nitrogens with zero attached hydrogens (tertiary/aromatic N) is 5. The molecular weight excluding hydrogens is 385 g/mol. The summed E-state index contributed by atoms with van der Waals surface area (Å²) in [7, 11) is 2.04. The van der Waals surface area contributed by atoms with Crippen LogP contribution in [0.2, 0.25) is 0 Å². The highest BCUT2D eigenvalue weighted by Crippen LogP contribution is 2.34. The van der Waals surface area contributed by atoms with Crippen molar-refractivity contribution in [3.63, 3.8) is 0 Å². The summed E-state index contributed by atoms with van der Waals surface area (Å²) in [5, 5.41) is 7.33. The van der Waals surface area contributed by atoms with Gasteiger partial charge in [0.25, 0.3) is 5.95 Å². The molecule has 0 spiro atoms. The highest BCUT2D eigenvalue weighted by atomic mass is 19.3. The zero-order chi connectivity index (χ0) is 20.4. The molecule has 2 aromatic heterocycles. The lowest BCUT2D eigenvalue weighted by Crippen LogP contribution is -2.48. The molecule has 1 saturated heterocycles. The van der Waals surface area contributed by atoms with E-state index >= 15 is 0 Å². The van der Waals surface area contributed by atoms with Crippen molar-refractivity contribution in [3.8, 4) is 11.8 Å². The number of anilines is 1. The molecule has 2 fully saturated rings. The zero-order valence-electron chi connectivity index (χ0n) is 16.3. The van der Waals surface area contributed by atoms with E-state index in [4.69, 9.17) is 4.74 Å². The Labute approximate surface area is 167 Å². The number of alkyl halides is 3. The van der Waals surface area contributed by atoms with Crippen LogP contribution >= 0.6 is 0 Å². The molecule has 2 aromatic rings. The van der Waals surface area contributed by atoms with Gasteiger partial charge in [0.15, 0.2) is 0 Å². The molecule has 1 aliphatic heterocycles. The summed E-state index contributed by atoms with van der Waals surface area (Å²) in [5.74, 6) is -1.49. The molecule has 2 aliphatic rings. The molecule has 0 bridgehead atoms. The van der Waals surface area contributed by atoms with Gasteiger partial charge >= 0.3 is 0 Å². The van der Waals surface area contributed by atoms with E-state index in [-0.39, 0.29) is 30.5 Å². The summed E-state index contributed by atoms with van der Waals surface area (Å²) in [5.41, 5.74) is 0.278. The number of likely N-dealkylation sites (N-methyl/N-ethyl adjacent to an activating group) is 1. The Kier molecular flexibility index (Phi) is 5.62. The van der Waals surface area contributed by atoms with Crippen LogP contribution in [-0.2, 0) is 6.67 Å². The topological polar surface area (TPSA) is 68.1 Å². The Morgan fingerprint density at radius 3 is 2.66 bits per heavy atom. The fraction of sp³-hybridized carbons (Fsp3) is 0.632. The number of aromatic nitrogens is 4. The molecule has 1 N–H and O–H groups in total. The summed E-state index contributed by atoms with van der Waals surface area (Å²) in [6, 6.07) is 3.47. The average molecular weight is 410 g/mol. The lowest BCUT2D eigenvalue weighted by molar-refractivity contribution is -0.0361. The minimum atomic E-state index is -2.59. The molecule has 0 amide bonds. The van der Waals surface area contributed by atoms with Crippen LogP contribution in [0.4, 0.5) is 19.0 Å². The van der Waals surface area contributed by atoms with E-state index < -0.39 is 12.6 Å². The number of rotatable bonds is 7. The third-order valence-corrected chi connectivity index (χ3v) is 5.61. The SMILES string of the molecule is CN1CCC1COc1cc(NC2CCC(F)(F)CC2)nc(-n2ccc(CF)n2)n1. The zero-order valence-corrected chi connectivity index (χ0v) is 16.3. The molecule has 29 heavy (non-hydrogen) atoms. The van der Waals surface area contributed by atoms with Gasteiger partial charge in [-0.05, 0) is 38.9 Å². The molecule has 158 valence electrons. The highest BCUT2D eigenvalue weighted by Gasteiger charge is 2.35. The van der Waals surface area contributed by atoms with Crippen LogP contribution in [-0.4, -0.2) is 62.9 Å².